The van der Waals surface area contributed by atoms with Crippen molar-refractivity contribution in [2.45, 2.75) is 44.9 Å². The first-order chi connectivity index (χ1) is 11.8. The molecule has 0 N–H and O–H groups in total. The van der Waals surface area contributed by atoms with E-state index in [9.17, 15) is 0 Å². The van der Waals surface area contributed by atoms with Crippen molar-refractivity contribution < 1.29 is 4.74 Å². The normalized spacial score (nSPS) is 21.3. The molecular formula is C20H30N2OS. The van der Waals surface area contributed by atoms with Gasteiger partial charge in [-0.1, -0.05) is 12.1 Å². The first-order valence-corrected chi connectivity index (χ1v) is 10.3. The van der Waals surface area contributed by atoms with Gasteiger partial charge in [-0.05, 0) is 82.3 Å². The van der Waals surface area contributed by atoms with Gasteiger partial charge in [0.15, 0.2) is 0 Å². The third-order valence-electron chi connectivity index (χ3n) is 4.88. The fourth-order valence-electron chi connectivity index (χ4n) is 3.59. The predicted octanol–water partition coefficient (Wildman–Crippen LogP) is 4.87. The summed E-state index contributed by atoms with van der Waals surface area (Å²) >= 11 is 1.92. The van der Waals surface area contributed by atoms with Crippen LogP contribution in [-0.2, 0) is 0 Å². The van der Waals surface area contributed by atoms with Crippen LogP contribution in [0.4, 0.5) is 0 Å². The molecule has 0 bridgehead atoms. The van der Waals surface area contributed by atoms with E-state index in [-0.39, 0.29) is 0 Å². The van der Waals surface area contributed by atoms with Gasteiger partial charge in [0.2, 0.25) is 0 Å². The molecule has 0 saturated carbocycles. The van der Waals surface area contributed by atoms with Crippen molar-refractivity contribution in [3.05, 3.63) is 40.9 Å². The molecule has 0 aromatic heterocycles. The van der Waals surface area contributed by atoms with Gasteiger partial charge in [-0.2, -0.15) is 0 Å². The third-order valence-corrected chi connectivity index (χ3v) is 6.14. The van der Waals surface area contributed by atoms with E-state index < -0.39 is 0 Å². The van der Waals surface area contributed by atoms with Gasteiger partial charge in [0.05, 0.1) is 6.61 Å². The molecule has 0 amide bonds. The lowest BCUT2D eigenvalue weighted by Gasteiger charge is -2.28. The van der Waals surface area contributed by atoms with E-state index in [1.807, 2.05) is 24.8 Å². The molecule has 1 unspecified atom stereocenters. The Morgan fingerprint density at radius 1 is 1.17 bits per heavy atom. The van der Waals surface area contributed by atoms with Crippen LogP contribution in [0, 0.1) is 0 Å². The number of thioether (sulfide) groups is 1. The molecule has 3 nitrogen and oxygen atoms in total. The Hall–Kier alpha value is -1.13. The zero-order valence-corrected chi connectivity index (χ0v) is 15.9. The maximum absolute atomic E-state index is 5.67. The molecule has 1 fully saturated rings. The molecule has 0 radical (unpaired) electrons. The number of benzene rings is 1. The summed E-state index contributed by atoms with van der Waals surface area (Å²) in [6.07, 6.45) is 5.36. The van der Waals surface area contributed by atoms with Crippen molar-refractivity contribution in [1.29, 1.82) is 0 Å². The van der Waals surface area contributed by atoms with Gasteiger partial charge in [-0.3, -0.25) is 0 Å². The van der Waals surface area contributed by atoms with Gasteiger partial charge >= 0.3 is 0 Å². The number of allylic oxidation sites excluding steroid dienone is 1. The Labute approximate surface area is 151 Å². The van der Waals surface area contributed by atoms with Crippen LogP contribution in [0.3, 0.4) is 0 Å². The van der Waals surface area contributed by atoms with Gasteiger partial charge in [0.25, 0.3) is 0 Å². The van der Waals surface area contributed by atoms with E-state index in [2.05, 4.69) is 40.3 Å². The molecule has 4 heteroatoms. The average Bonchev–Trinajstić information content (AvgIpc) is 3.22. The minimum absolute atomic E-state index is 0.400. The van der Waals surface area contributed by atoms with Crippen LogP contribution in [0.2, 0.25) is 0 Å². The largest absolute Gasteiger partial charge is 0.494 e. The van der Waals surface area contributed by atoms with E-state index in [4.69, 9.17) is 4.74 Å². The van der Waals surface area contributed by atoms with Crippen molar-refractivity contribution in [2.24, 2.45) is 0 Å². The molecule has 1 aromatic rings. The second-order valence-corrected chi connectivity index (χ2v) is 7.66. The van der Waals surface area contributed by atoms with E-state index in [0.29, 0.717) is 5.37 Å². The summed E-state index contributed by atoms with van der Waals surface area (Å²) in [5.41, 5.74) is 2.74. The molecule has 0 spiro atoms. The molecule has 2 heterocycles. The van der Waals surface area contributed by atoms with Crippen LogP contribution in [-0.4, -0.2) is 42.6 Å². The van der Waals surface area contributed by atoms with E-state index in [0.717, 1.165) is 18.9 Å². The first kappa shape index (κ1) is 17.7. The summed E-state index contributed by atoms with van der Waals surface area (Å²) in [6.45, 7) is 10.0. The number of nitrogens with zero attached hydrogens (tertiary/aromatic N) is 2. The first-order valence-electron chi connectivity index (χ1n) is 9.32. The molecule has 1 aromatic carbocycles. The average molecular weight is 347 g/mol. The highest BCUT2D eigenvalue weighted by molar-refractivity contribution is 8.02. The van der Waals surface area contributed by atoms with Gasteiger partial charge in [-0.25, -0.2) is 0 Å². The standard InChI is InChI=1S/C20H30N2OS/c1-3-23-19-10-8-9-18(15-19)20-22(17(2)16-24-20)14-7-6-13-21-11-4-5-12-21/h8-10,15-16,20H,3-7,11-14H2,1-2H3. The number of rotatable bonds is 8. The Balaban J connectivity index is 1.54. The van der Waals surface area contributed by atoms with Gasteiger partial charge in [-0.15, -0.1) is 11.8 Å². The molecule has 2 aliphatic heterocycles. The summed E-state index contributed by atoms with van der Waals surface area (Å²) in [5, 5.41) is 2.70. The second kappa shape index (κ2) is 8.82. The maximum Gasteiger partial charge on any atom is 0.119 e. The lowest BCUT2D eigenvalue weighted by Crippen LogP contribution is -2.25. The van der Waals surface area contributed by atoms with Crippen molar-refractivity contribution in [3.8, 4) is 5.75 Å². The quantitative estimate of drug-likeness (QED) is 0.624. The number of hydrogen-bond acceptors (Lipinski definition) is 4. The fourth-order valence-corrected chi connectivity index (χ4v) is 4.77. The minimum atomic E-state index is 0.400. The Bertz CT molecular complexity index is 554. The van der Waals surface area contributed by atoms with Crippen molar-refractivity contribution in [1.82, 2.24) is 9.80 Å². The summed E-state index contributed by atoms with van der Waals surface area (Å²) in [7, 11) is 0. The number of hydrogen-bond donors (Lipinski definition) is 0. The van der Waals surface area contributed by atoms with Crippen LogP contribution >= 0.6 is 11.8 Å². The van der Waals surface area contributed by atoms with E-state index in [1.165, 1.54) is 56.6 Å². The van der Waals surface area contributed by atoms with Crippen LogP contribution in [0.1, 0.15) is 50.5 Å². The summed E-state index contributed by atoms with van der Waals surface area (Å²) < 4.78 is 5.67. The third kappa shape index (κ3) is 4.48. The maximum atomic E-state index is 5.67. The molecule has 1 atom stereocenters. The topological polar surface area (TPSA) is 15.7 Å². The van der Waals surface area contributed by atoms with Crippen molar-refractivity contribution >= 4 is 11.8 Å². The molecule has 0 aliphatic carbocycles. The van der Waals surface area contributed by atoms with E-state index in [1.54, 1.807) is 0 Å². The molecule has 3 rings (SSSR count). The lowest BCUT2D eigenvalue weighted by molar-refractivity contribution is 0.294. The highest BCUT2D eigenvalue weighted by atomic mass is 32.2. The van der Waals surface area contributed by atoms with E-state index >= 15 is 0 Å². The molecular weight excluding hydrogens is 316 g/mol. The Morgan fingerprint density at radius 2 is 1.96 bits per heavy atom. The van der Waals surface area contributed by atoms with Gasteiger partial charge < -0.3 is 14.5 Å². The Morgan fingerprint density at radius 3 is 2.75 bits per heavy atom. The number of unbranched alkanes of at least 4 members (excludes halogenated alkanes) is 1. The summed E-state index contributed by atoms with van der Waals surface area (Å²) in [4.78, 5) is 5.17. The zero-order valence-electron chi connectivity index (χ0n) is 15.0. The minimum Gasteiger partial charge on any atom is -0.494 e. The summed E-state index contributed by atoms with van der Waals surface area (Å²) in [5.74, 6) is 0.981. The van der Waals surface area contributed by atoms with Crippen LogP contribution in [0.25, 0.3) is 0 Å². The van der Waals surface area contributed by atoms with Crippen molar-refractivity contribution in [2.75, 3.05) is 32.8 Å². The SMILES string of the molecule is CCOc1cccc(C2SC=C(C)N2CCCCN2CCCC2)c1. The second-order valence-electron chi connectivity index (χ2n) is 6.70. The summed E-state index contributed by atoms with van der Waals surface area (Å²) in [6, 6.07) is 8.59. The molecule has 132 valence electrons. The highest BCUT2D eigenvalue weighted by Gasteiger charge is 2.25. The highest BCUT2D eigenvalue weighted by Crippen LogP contribution is 2.43. The van der Waals surface area contributed by atoms with Crippen LogP contribution < -0.4 is 4.74 Å². The number of likely N-dealkylation sites (tertiary alicyclic amines) is 1. The molecule has 24 heavy (non-hydrogen) atoms. The fraction of sp³-hybridized carbons (Fsp3) is 0.600. The number of ether oxygens (including phenoxy) is 1. The Kier molecular flexibility index (Phi) is 6.50. The molecule has 2 aliphatic rings. The van der Waals surface area contributed by atoms with Crippen LogP contribution in [0.5, 0.6) is 5.75 Å². The van der Waals surface area contributed by atoms with Crippen LogP contribution in [0.15, 0.2) is 35.4 Å². The predicted molar refractivity (Wildman–Crippen MR) is 103 cm³/mol. The van der Waals surface area contributed by atoms with Gasteiger partial charge in [0.1, 0.15) is 11.1 Å². The van der Waals surface area contributed by atoms with Crippen molar-refractivity contribution in [3.63, 3.8) is 0 Å². The zero-order chi connectivity index (χ0) is 16.8. The smallest absolute Gasteiger partial charge is 0.119 e. The monoisotopic (exact) mass is 346 g/mol. The van der Waals surface area contributed by atoms with Gasteiger partial charge in [0, 0.05) is 12.2 Å². The molecule has 1 saturated heterocycles. The lowest BCUT2D eigenvalue weighted by atomic mass is 10.1.